The highest BCUT2D eigenvalue weighted by Crippen LogP contribution is 2.31. The molecule has 2 heterocycles. The van der Waals surface area contributed by atoms with Gasteiger partial charge in [0.1, 0.15) is 23.7 Å². The van der Waals surface area contributed by atoms with Crippen LogP contribution in [0.5, 0.6) is 11.5 Å². The van der Waals surface area contributed by atoms with Crippen molar-refractivity contribution in [3.8, 4) is 11.5 Å². The minimum absolute atomic E-state index is 0.0769. The maximum Gasteiger partial charge on any atom is 0.338 e. The molecule has 2 aromatic rings. The van der Waals surface area contributed by atoms with Gasteiger partial charge in [0.05, 0.1) is 24.3 Å². The molecule has 0 saturated carbocycles. The van der Waals surface area contributed by atoms with Crippen molar-refractivity contribution in [2.45, 2.75) is 24.4 Å². The van der Waals surface area contributed by atoms with Gasteiger partial charge in [-0.05, 0) is 48.5 Å². The molecule has 2 aliphatic heterocycles. The zero-order valence-electron chi connectivity index (χ0n) is 19.0. The largest absolute Gasteiger partial charge is 0.453 e. The number of carbonyl (C=O) groups is 4. The van der Waals surface area contributed by atoms with Crippen molar-refractivity contribution in [3.63, 3.8) is 0 Å². The molecule has 0 aliphatic carbocycles. The van der Waals surface area contributed by atoms with Crippen LogP contribution in [0.4, 0.5) is 0 Å². The average molecular weight is 494 g/mol. The van der Waals surface area contributed by atoms with E-state index < -0.39 is 48.3 Å². The van der Waals surface area contributed by atoms with Crippen LogP contribution in [0.1, 0.15) is 20.7 Å². The summed E-state index contributed by atoms with van der Waals surface area (Å²) >= 11 is 0. The summed E-state index contributed by atoms with van der Waals surface area (Å²) in [5.74, 6) is -1.91. The van der Waals surface area contributed by atoms with Gasteiger partial charge in [-0.1, -0.05) is 13.2 Å². The van der Waals surface area contributed by atoms with Crippen molar-refractivity contribution >= 4 is 23.9 Å². The molecule has 0 spiro atoms. The van der Waals surface area contributed by atoms with Crippen LogP contribution < -0.4 is 9.47 Å². The van der Waals surface area contributed by atoms with Crippen molar-refractivity contribution in [3.05, 3.63) is 85.0 Å². The van der Waals surface area contributed by atoms with E-state index in [4.69, 9.17) is 28.4 Å². The van der Waals surface area contributed by atoms with Gasteiger partial charge in [0.2, 0.25) is 0 Å². The molecule has 2 saturated heterocycles. The van der Waals surface area contributed by atoms with E-state index in [1.54, 1.807) is 0 Å². The Kier molecular flexibility index (Phi) is 7.57. The van der Waals surface area contributed by atoms with Gasteiger partial charge >= 0.3 is 23.9 Å². The highest BCUT2D eigenvalue weighted by molar-refractivity contribution is 5.90. The molecule has 4 atom stereocenters. The average Bonchev–Trinajstić information content (AvgIpc) is 3.47. The second kappa shape index (κ2) is 11.0. The predicted octanol–water partition coefficient (Wildman–Crippen LogP) is 2.42. The maximum atomic E-state index is 12.6. The third-order valence-corrected chi connectivity index (χ3v) is 5.43. The lowest BCUT2D eigenvalue weighted by atomic mass is 10.1. The summed E-state index contributed by atoms with van der Waals surface area (Å²) in [4.78, 5) is 47.6. The van der Waals surface area contributed by atoms with Gasteiger partial charge in [-0.15, -0.1) is 0 Å². The fourth-order valence-corrected chi connectivity index (χ4v) is 3.68. The zero-order valence-corrected chi connectivity index (χ0v) is 19.0. The second-order valence-electron chi connectivity index (χ2n) is 7.78. The lowest BCUT2D eigenvalue weighted by molar-refractivity contribution is -0.129. The van der Waals surface area contributed by atoms with Crippen molar-refractivity contribution in [2.75, 3.05) is 13.2 Å². The third kappa shape index (κ3) is 5.68. The van der Waals surface area contributed by atoms with E-state index in [-0.39, 0.29) is 35.8 Å². The molecule has 10 nitrogen and oxygen atoms in total. The summed E-state index contributed by atoms with van der Waals surface area (Å²) in [5, 5.41) is 0. The standard InChI is InChI=1S/C26H22O10/c1-3-21(27)33-17-9-5-15(6-10-17)25(29)35-19-13-31-24-20(14-32-23(19)24)36-26(30)16-7-11-18(12-8-16)34-22(28)4-2/h3-12,19-20,23-24H,1-2,13-14H2. The molecule has 0 N–H and O–H groups in total. The summed E-state index contributed by atoms with van der Waals surface area (Å²) in [7, 11) is 0. The fourth-order valence-electron chi connectivity index (χ4n) is 3.68. The monoisotopic (exact) mass is 494 g/mol. The Morgan fingerprint density at radius 3 is 1.36 bits per heavy atom. The van der Waals surface area contributed by atoms with Crippen LogP contribution in [0.15, 0.2) is 73.8 Å². The summed E-state index contributed by atoms with van der Waals surface area (Å²) < 4.78 is 32.5. The Morgan fingerprint density at radius 1 is 0.667 bits per heavy atom. The second-order valence-corrected chi connectivity index (χ2v) is 7.78. The Hall–Kier alpha value is -4.28. The van der Waals surface area contributed by atoms with Gasteiger partial charge in [0.25, 0.3) is 0 Å². The molecule has 0 bridgehead atoms. The van der Waals surface area contributed by atoms with E-state index in [2.05, 4.69) is 13.2 Å². The Labute approximate surface area is 206 Å². The quantitative estimate of drug-likeness (QED) is 0.307. The number of esters is 4. The first-order valence-electron chi connectivity index (χ1n) is 10.9. The van der Waals surface area contributed by atoms with Gasteiger partial charge < -0.3 is 28.4 Å². The van der Waals surface area contributed by atoms with Crippen molar-refractivity contribution in [1.82, 2.24) is 0 Å². The van der Waals surface area contributed by atoms with Gasteiger partial charge in [0.15, 0.2) is 12.2 Å². The number of hydrogen-bond acceptors (Lipinski definition) is 10. The fraction of sp³-hybridized carbons (Fsp3) is 0.231. The highest BCUT2D eigenvalue weighted by Gasteiger charge is 2.51. The Balaban J connectivity index is 1.30. The van der Waals surface area contributed by atoms with Gasteiger partial charge in [-0.3, -0.25) is 0 Å². The topological polar surface area (TPSA) is 124 Å². The molecule has 2 aromatic carbocycles. The van der Waals surface area contributed by atoms with Crippen molar-refractivity contribution < 1.29 is 47.6 Å². The van der Waals surface area contributed by atoms with Crippen molar-refractivity contribution in [1.29, 1.82) is 0 Å². The van der Waals surface area contributed by atoms with Crippen LogP contribution in [0.3, 0.4) is 0 Å². The summed E-state index contributed by atoms with van der Waals surface area (Å²) in [5.41, 5.74) is 0.500. The number of fused-ring (bicyclic) bond motifs is 1. The number of carbonyl (C=O) groups excluding carboxylic acids is 4. The number of hydrogen-bond donors (Lipinski definition) is 0. The van der Waals surface area contributed by atoms with E-state index in [1.165, 1.54) is 48.5 Å². The van der Waals surface area contributed by atoms with E-state index in [9.17, 15) is 19.2 Å². The van der Waals surface area contributed by atoms with E-state index >= 15 is 0 Å². The van der Waals surface area contributed by atoms with E-state index in [0.717, 1.165) is 12.2 Å². The molecule has 186 valence electrons. The SMILES string of the molecule is C=CC(=O)Oc1ccc(C(=O)OC2COC3C(OC(=O)c4ccc(OC(=O)C=C)cc4)COC23)cc1. The number of benzene rings is 2. The molecule has 10 heteroatoms. The van der Waals surface area contributed by atoms with Crippen LogP contribution in [0.25, 0.3) is 0 Å². The summed E-state index contributed by atoms with van der Waals surface area (Å²) in [6.07, 6.45) is -0.513. The summed E-state index contributed by atoms with van der Waals surface area (Å²) in [6, 6.07) is 11.7. The first-order valence-corrected chi connectivity index (χ1v) is 10.9. The van der Waals surface area contributed by atoms with Gasteiger partial charge in [-0.25, -0.2) is 19.2 Å². The molecule has 2 fully saturated rings. The molecule has 2 aliphatic rings. The lowest BCUT2D eigenvalue weighted by Gasteiger charge is -2.17. The molecule has 36 heavy (non-hydrogen) atoms. The molecule has 0 radical (unpaired) electrons. The molecule has 0 aromatic heterocycles. The van der Waals surface area contributed by atoms with E-state index in [0.29, 0.717) is 0 Å². The van der Waals surface area contributed by atoms with Crippen LogP contribution in [-0.4, -0.2) is 61.5 Å². The normalized spacial score (nSPS) is 22.1. The number of ether oxygens (including phenoxy) is 6. The van der Waals surface area contributed by atoms with Gasteiger partial charge in [0, 0.05) is 12.2 Å². The predicted molar refractivity (Wildman–Crippen MR) is 122 cm³/mol. The highest BCUT2D eigenvalue weighted by atomic mass is 16.7. The zero-order chi connectivity index (χ0) is 25.7. The Bertz CT molecular complexity index is 1070. The molecule has 4 unspecified atom stereocenters. The maximum absolute atomic E-state index is 12.6. The van der Waals surface area contributed by atoms with Gasteiger partial charge in [-0.2, -0.15) is 0 Å². The Morgan fingerprint density at radius 2 is 1.03 bits per heavy atom. The summed E-state index contributed by atoms with van der Waals surface area (Å²) in [6.45, 7) is 6.79. The van der Waals surface area contributed by atoms with Crippen LogP contribution in [-0.2, 0) is 28.5 Å². The molecular weight excluding hydrogens is 472 g/mol. The van der Waals surface area contributed by atoms with Crippen molar-refractivity contribution in [2.24, 2.45) is 0 Å². The lowest BCUT2D eigenvalue weighted by Crippen LogP contribution is -2.36. The molecule has 0 amide bonds. The van der Waals surface area contributed by atoms with E-state index in [1.807, 2.05) is 0 Å². The third-order valence-electron chi connectivity index (χ3n) is 5.43. The smallest absolute Gasteiger partial charge is 0.338 e. The van der Waals surface area contributed by atoms with Crippen LogP contribution in [0.2, 0.25) is 0 Å². The molecule has 4 rings (SSSR count). The van der Waals surface area contributed by atoms with Crippen LogP contribution in [0, 0.1) is 0 Å². The number of rotatable bonds is 8. The van der Waals surface area contributed by atoms with Crippen LogP contribution >= 0.6 is 0 Å². The minimum atomic E-state index is -0.691. The minimum Gasteiger partial charge on any atom is -0.453 e. The first kappa shape index (κ1) is 24.8. The first-order chi connectivity index (χ1) is 17.4. The molecular formula is C26H22O10.